The highest BCUT2D eigenvalue weighted by molar-refractivity contribution is 6.31. The van der Waals surface area contributed by atoms with Gasteiger partial charge in [0.1, 0.15) is 0 Å². The first-order valence-electron chi connectivity index (χ1n) is 7.87. The maximum Gasteiger partial charge on any atom is 0.0641 e. The molecule has 1 aromatic carbocycles. The van der Waals surface area contributed by atoms with Crippen molar-refractivity contribution in [1.29, 1.82) is 0 Å². The molecule has 118 valence electrons. The van der Waals surface area contributed by atoms with Crippen molar-refractivity contribution in [2.75, 3.05) is 31.7 Å². The van der Waals surface area contributed by atoms with E-state index in [1.165, 1.54) is 18.5 Å². The summed E-state index contributed by atoms with van der Waals surface area (Å²) in [5.74, 6) is 0.826. The molecular formula is C17H27ClN2O. The molecule has 3 nitrogen and oxygen atoms in total. The summed E-state index contributed by atoms with van der Waals surface area (Å²) in [5, 5.41) is 4.27. The maximum atomic E-state index is 6.37. The second kappa shape index (κ2) is 8.02. The average Bonchev–Trinajstić information content (AvgIpc) is 3.25. The number of likely N-dealkylation sites (N-methyl/N-ethyl adjacent to an activating group) is 1. The van der Waals surface area contributed by atoms with Gasteiger partial charge in [-0.25, -0.2) is 0 Å². The van der Waals surface area contributed by atoms with Crippen LogP contribution in [0.1, 0.15) is 32.3 Å². The Morgan fingerprint density at radius 2 is 2.14 bits per heavy atom. The molecule has 0 aliphatic heterocycles. The van der Waals surface area contributed by atoms with Crippen molar-refractivity contribution in [2.24, 2.45) is 5.92 Å². The van der Waals surface area contributed by atoms with Gasteiger partial charge in [-0.05, 0) is 30.9 Å². The first-order valence-corrected chi connectivity index (χ1v) is 8.25. The van der Waals surface area contributed by atoms with Crippen LogP contribution >= 0.6 is 11.6 Å². The lowest BCUT2D eigenvalue weighted by Gasteiger charge is -2.24. The Bertz CT molecular complexity index is 446. The highest BCUT2D eigenvalue weighted by Gasteiger charge is 2.21. The topological polar surface area (TPSA) is 24.5 Å². The summed E-state index contributed by atoms with van der Waals surface area (Å²) < 4.78 is 5.73. The zero-order valence-electron chi connectivity index (χ0n) is 13.4. The van der Waals surface area contributed by atoms with Crippen LogP contribution in [-0.2, 0) is 11.3 Å². The molecule has 0 unspecified atom stereocenters. The number of hydrogen-bond donors (Lipinski definition) is 1. The molecule has 0 saturated heterocycles. The third-order valence-electron chi connectivity index (χ3n) is 3.81. The molecule has 1 aliphatic carbocycles. The van der Waals surface area contributed by atoms with Gasteiger partial charge in [-0.2, -0.15) is 0 Å². The van der Waals surface area contributed by atoms with Crippen LogP contribution in [0.25, 0.3) is 0 Å². The van der Waals surface area contributed by atoms with E-state index < -0.39 is 0 Å². The number of benzene rings is 1. The Kier molecular flexibility index (Phi) is 6.34. The van der Waals surface area contributed by atoms with Crippen LogP contribution in [-0.4, -0.2) is 32.8 Å². The molecule has 0 heterocycles. The minimum absolute atomic E-state index is 0.446. The summed E-state index contributed by atoms with van der Waals surface area (Å²) in [4.78, 5) is 2.23. The maximum absolute atomic E-state index is 6.37. The summed E-state index contributed by atoms with van der Waals surface area (Å²) in [6.45, 7) is 7.67. The predicted octanol–water partition coefficient (Wildman–Crippen LogP) is 3.70. The zero-order chi connectivity index (χ0) is 15.2. The molecule has 0 spiro atoms. The van der Waals surface area contributed by atoms with Gasteiger partial charge in [0.15, 0.2) is 0 Å². The first-order chi connectivity index (χ1) is 10.1. The number of nitrogens with zero attached hydrogens (tertiary/aromatic N) is 1. The van der Waals surface area contributed by atoms with Gasteiger partial charge in [0.2, 0.25) is 0 Å². The molecule has 1 saturated carbocycles. The van der Waals surface area contributed by atoms with Gasteiger partial charge in [-0.15, -0.1) is 0 Å². The number of hydrogen-bond acceptors (Lipinski definition) is 3. The van der Waals surface area contributed by atoms with Crippen molar-refractivity contribution in [3.05, 3.63) is 28.8 Å². The highest BCUT2D eigenvalue weighted by atomic mass is 35.5. The number of nitrogens with one attached hydrogen (secondary N) is 1. The fourth-order valence-electron chi connectivity index (χ4n) is 2.24. The average molecular weight is 311 g/mol. The van der Waals surface area contributed by atoms with Gasteiger partial charge in [-0.3, -0.25) is 0 Å². The van der Waals surface area contributed by atoms with E-state index in [2.05, 4.69) is 37.2 Å². The summed E-state index contributed by atoms with van der Waals surface area (Å²) in [7, 11) is 2.10. The van der Waals surface area contributed by atoms with Crippen LogP contribution in [0.15, 0.2) is 18.2 Å². The summed E-state index contributed by atoms with van der Waals surface area (Å²) >= 11 is 6.37. The van der Waals surface area contributed by atoms with Gasteiger partial charge in [0.05, 0.1) is 6.61 Å². The van der Waals surface area contributed by atoms with Gasteiger partial charge < -0.3 is 15.0 Å². The lowest BCUT2D eigenvalue weighted by Crippen LogP contribution is -2.27. The van der Waals surface area contributed by atoms with Crippen LogP contribution in [0.5, 0.6) is 0 Å². The first kappa shape index (κ1) is 16.6. The molecule has 1 aliphatic rings. The van der Waals surface area contributed by atoms with E-state index in [9.17, 15) is 0 Å². The van der Waals surface area contributed by atoms with E-state index in [-0.39, 0.29) is 0 Å². The van der Waals surface area contributed by atoms with E-state index >= 15 is 0 Å². The molecular weight excluding hydrogens is 284 g/mol. The minimum Gasteiger partial charge on any atom is -0.379 e. The molecule has 1 aromatic rings. The molecule has 21 heavy (non-hydrogen) atoms. The van der Waals surface area contributed by atoms with Crippen LogP contribution in [0.3, 0.4) is 0 Å². The fraction of sp³-hybridized carbons (Fsp3) is 0.647. The van der Waals surface area contributed by atoms with Crippen molar-refractivity contribution in [2.45, 2.75) is 39.3 Å². The van der Waals surface area contributed by atoms with Gasteiger partial charge in [0.25, 0.3) is 0 Å². The quantitative estimate of drug-likeness (QED) is 0.704. The predicted molar refractivity (Wildman–Crippen MR) is 90.2 cm³/mol. The van der Waals surface area contributed by atoms with Crippen molar-refractivity contribution in [3.63, 3.8) is 0 Å². The third kappa shape index (κ3) is 5.50. The Hall–Kier alpha value is -0.770. The normalized spacial score (nSPS) is 14.7. The second-order valence-electron chi connectivity index (χ2n) is 6.21. The Labute approximate surface area is 133 Å². The number of ether oxygens (including phenoxy) is 1. The number of halogens is 1. The zero-order valence-corrected chi connectivity index (χ0v) is 14.1. The summed E-state index contributed by atoms with van der Waals surface area (Å²) in [6, 6.07) is 6.54. The number of anilines is 1. The van der Waals surface area contributed by atoms with Gasteiger partial charge in [-0.1, -0.05) is 31.5 Å². The van der Waals surface area contributed by atoms with E-state index in [1.807, 2.05) is 12.1 Å². The minimum atomic E-state index is 0.446. The molecule has 1 N–H and O–H groups in total. The Morgan fingerprint density at radius 3 is 2.81 bits per heavy atom. The van der Waals surface area contributed by atoms with Crippen molar-refractivity contribution in [3.8, 4) is 0 Å². The lowest BCUT2D eigenvalue weighted by molar-refractivity contribution is 0.131. The molecule has 0 bridgehead atoms. The highest BCUT2D eigenvalue weighted by Crippen LogP contribution is 2.29. The standard InChI is InChI=1S/C17H27ClN2O/c1-13(2)19-11-15-16(18)5-4-6-17(15)20(3)9-10-21-12-14-7-8-14/h4-6,13-14,19H,7-12H2,1-3H3. The van der Waals surface area contributed by atoms with Crippen molar-refractivity contribution < 1.29 is 4.74 Å². The monoisotopic (exact) mass is 310 g/mol. The molecule has 1 fully saturated rings. The largest absolute Gasteiger partial charge is 0.379 e. The Morgan fingerprint density at radius 1 is 1.38 bits per heavy atom. The second-order valence-corrected chi connectivity index (χ2v) is 6.62. The van der Waals surface area contributed by atoms with Crippen molar-refractivity contribution in [1.82, 2.24) is 5.32 Å². The molecule has 2 rings (SSSR count). The smallest absolute Gasteiger partial charge is 0.0641 e. The summed E-state index contributed by atoms with van der Waals surface area (Å²) in [6.07, 6.45) is 2.68. The molecule has 0 amide bonds. The van der Waals surface area contributed by atoms with E-state index in [0.717, 1.165) is 42.8 Å². The molecule has 0 radical (unpaired) electrons. The molecule has 4 heteroatoms. The van der Waals surface area contributed by atoms with Crippen LogP contribution in [0.4, 0.5) is 5.69 Å². The lowest BCUT2D eigenvalue weighted by atomic mass is 10.1. The third-order valence-corrected chi connectivity index (χ3v) is 4.17. The van der Waals surface area contributed by atoms with E-state index in [4.69, 9.17) is 16.3 Å². The van der Waals surface area contributed by atoms with Crippen molar-refractivity contribution >= 4 is 17.3 Å². The SMILES string of the molecule is CC(C)NCc1c(Cl)cccc1N(C)CCOCC1CC1. The summed E-state index contributed by atoms with van der Waals surface area (Å²) in [5.41, 5.74) is 2.35. The van der Waals surface area contributed by atoms with Crippen LogP contribution in [0.2, 0.25) is 5.02 Å². The van der Waals surface area contributed by atoms with E-state index in [0.29, 0.717) is 6.04 Å². The van der Waals surface area contributed by atoms with Gasteiger partial charge >= 0.3 is 0 Å². The molecule has 0 atom stereocenters. The Balaban J connectivity index is 1.90. The van der Waals surface area contributed by atoms with Crippen LogP contribution < -0.4 is 10.2 Å². The fourth-order valence-corrected chi connectivity index (χ4v) is 2.48. The van der Waals surface area contributed by atoms with Crippen LogP contribution in [0, 0.1) is 5.92 Å². The van der Waals surface area contributed by atoms with E-state index in [1.54, 1.807) is 0 Å². The molecule has 0 aromatic heterocycles. The van der Waals surface area contributed by atoms with Gasteiger partial charge in [0, 0.05) is 49.1 Å². The number of rotatable bonds is 9.